The Kier molecular flexibility index (Phi) is 5.27. The molecule has 6 heteroatoms. The van der Waals surface area contributed by atoms with Crippen molar-refractivity contribution < 1.29 is 9.90 Å². The van der Waals surface area contributed by atoms with Crippen molar-refractivity contribution in [2.24, 2.45) is 0 Å². The van der Waals surface area contributed by atoms with Crippen molar-refractivity contribution in [3.8, 4) is 5.69 Å². The molecule has 3 N–H and O–H groups in total. The summed E-state index contributed by atoms with van der Waals surface area (Å²) in [6.07, 6.45) is 3.88. The molecule has 2 atom stereocenters. The van der Waals surface area contributed by atoms with Gasteiger partial charge in [-0.15, -0.1) is 0 Å². The van der Waals surface area contributed by atoms with Crippen molar-refractivity contribution in [1.82, 2.24) is 20.4 Å². The number of carbonyl (C=O) groups excluding carboxylic acids is 1. The van der Waals surface area contributed by atoms with Gasteiger partial charge in [0.1, 0.15) is 0 Å². The standard InChI is InChI=1S/C18H24N4O2/c1-13-14(12-22(21-13)15-7-3-2-4-8-15)6-5-9-19-18(24)17-10-16(23)11-20-17/h2-4,7-8,12,16-17,20,23H,5-6,9-11H2,1H3,(H,19,24). The van der Waals surface area contributed by atoms with E-state index in [9.17, 15) is 9.90 Å². The van der Waals surface area contributed by atoms with Gasteiger partial charge in [0, 0.05) is 19.3 Å². The number of para-hydroxylation sites is 1. The Morgan fingerprint density at radius 1 is 1.42 bits per heavy atom. The number of amides is 1. The number of hydrogen-bond acceptors (Lipinski definition) is 4. The molecule has 1 amide bonds. The molecule has 1 aromatic carbocycles. The fourth-order valence-electron chi connectivity index (χ4n) is 2.98. The summed E-state index contributed by atoms with van der Waals surface area (Å²) in [5.74, 6) is -0.0248. The number of hydrogen-bond donors (Lipinski definition) is 3. The van der Waals surface area contributed by atoms with Crippen LogP contribution in [0.25, 0.3) is 5.69 Å². The normalized spacial score (nSPS) is 20.2. The van der Waals surface area contributed by atoms with E-state index in [1.807, 2.05) is 41.9 Å². The minimum Gasteiger partial charge on any atom is -0.392 e. The predicted octanol–water partition coefficient (Wildman–Crippen LogP) is 0.952. The van der Waals surface area contributed by atoms with Crippen LogP contribution >= 0.6 is 0 Å². The molecule has 0 aliphatic carbocycles. The number of benzene rings is 1. The molecule has 1 aliphatic heterocycles. The number of β-amino-alcohol motifs (C(OH)–C–C–N with tert-alkyl or cyclic N) is 1. The molecule has 0 saturated carbocycles. The molecule has 6 nitrogen and oxygen atoms in total. The second-order valence-electron chi connectivity index (χ2n) is 6.26. The fourth-order valence-corrected chi connectivity index (χ4v) is 2.98. The minimum atomic E-state index is -0.410. The highest BCUT2D eigenvalue weighted by atomic mass is 16.3. The van der Waals surface area contributed by atoms with Crippen molar-refractivity contribution in [2.75, 3.05) is 13.1 Å². The van der Waals surface area contributed by atoms with Crippen molar-refractivity contribution >= 4 is 5.91 Å². The summed E-state index contributed by atoms with van der Waals surface area (Å²) < 4.78 is 1.90. The first-order chi connectivity index (χ1) is 11.6. The third kappa shape index (κ3) is 4.01. The van der Waals surface area contributed by atoms with E-state index in [-0.39, 0.29) is 11.9 Å². The maximum Gasteiger partial charge on any atom is 0.237 e. The summed E-state index contributed by atoms with van der Waals surface area (Å²) in [6, 6.07) is 9.77. The number of aliphatic hydroxyl groups excluding tert-OH is 1. The highest BCUT2D eigenvalue weighted by Crippen LogP contribution is 2.13. The van der Waals surface area contributed by atoms with E-state index < -0.39 is 6.10 Å². The highest BCUT2D eigenvalue weighted by molar-refractivity contribution is 5.82. The van der Waals surface area contributed by atoms with Crippen molar-refractivity contribution in [3.63, 3.8) is 0 Å². The van der Waals surface area contributed by atoms with Crippen LogP contribution in [0.4, 0.5) is 0 Å². The topological polar surface area (TPSA) is 79.2 Å². The molecule has 128 valence electrons. The second kappa shape index (κ2) is 7.59. The summed E-state index contributed by atoms with van der Waals surface area (Å²) >= 11 is 0. The summed E-state index contributed by atoms with van der Waals surface area (Å²) in [5, 5.41) is 20.0. The SMILES string of the molecule is Cc1nn(-c2ccccc2)cc1CCCNC(=O)C1CC(O)CN1. The molecule has 2 unspecified atom stereocenters. The number of aliphatic hydroxyl groups is 1. The zero-order valence-corrected chi connectivity index (χ0v) is 13.9. The summed E-state index contributed by atoms with van der Waals surface area (Å²) in [6.45, 7) is 3.14. The van der Waals surface area contributed by atoms with E-state index in [0.29, 0.717) is 19.5 Å². The molecule has 1 saturated heterocycles. The first-order valence-corrected chi connectivity index (χ1v) is 8.43. The zero-order chi connectivity index (χ0) is 16.9. The molecule has 1 aromatic heterocycles. The van der Waals surface area contributed by atoms with E-state index in [0.717, 1.165) is 24.2 Å². The third-order valence-corrected chi connectivity index (χ3v) is 4.37. The third-order valence-electron chi connectivity index (χ3n) is 4.37. The monoisotopic (exact) mass is 328 g/mol. The lowest BCUT2D eigenvalue weighted by Gasteiger charge is -2.10. The molecule has 0 spiro atoms. The van der Waals surface area contributed by atoms with Crippen molar-refractivity contribution in [1.29, 1.82) is 0 Å². The van der Waals surface area contributed by atoms with E-state index in [1.54, 1.807) is 0 Å². The molecule has 0 radical (unpaired) electrons. The van der Waals surface area contributed by atoms with Gasteiger partial charge in [-0.2, -0.15) is 5.10 Å². The Labute approximate surface area is 141 Å². The van der Waals surface area contributed by atoms with Crippen molar-refractivity contribution in [3.05, 3.63) is 47.8 Å². The first kappa shape index (κ1) is 16.7. The van der Waals surface area contributed by atoms with Gasteiger partial charge in [-0.1, -0.05) is 18.2 Å². The molecular weight excluding hydrogens is 304 g/mol. The summed E-state index contributed by atoms with van der Waals surface area (Å²) in [4.78, 5) is 12.0. The van der Waals surface area contributed by atoms with Gasteiger partial charge in [0.2, 0.25) is 5.91 Å². The van der Waals surface area contributed by atoms with Crippen molar-refractivity contribution in [2.45, 2.75) is 38.3 Å². The van der Waals surface area contributed by atoms with Crippen LogP contribution in [-0.4, -0.2) is 46.0 Å². The summed E-state index contributed by atoms with van der Waals surface area (Å²) in [5.41, 5.74) is 3.26. The molecule has 0 bridgehead atoms. The quantitative estimate of drug-likeness (QED) is 0.690. The number of nitrogens with one attached hydrogen (secondary N) is 2. The summed E-state index contributed by atoms with van der Waals surface area (Å²) in [7, 11) is 0. The van der Waals surface area contributed by atoms with Crippen LogP contribution in [0.5, 0.6) is 0 Å². The lowest BCUT2D eigenvalue weighted by Crippen LogP contribution is -2.40. The van der Waals surface area contributed by atoms with Gasteiger partial charge < -0.3 is 15.7 Å². The van der Waals surface area contributed by atoms with Crippen LogP contribution in [0.2, 0.25) is 0 Å². The van der Waals surface area contributed by atoms with Gasteiger partial charge >= 0.3 is 0 Å². The van der Waals surface area contributed by atoms with Gasteiger partial charge in [0.25, 0.3) is 0 Å². The highest BCUT2D eigenvalue weighted by Gasteiger charge is 2.27. The van der Waals surface area contributed by atoms with E-state index >= 15 is 0 Å². The van der Waals surface area contributed by atoms with Gasteiger partial charge in [-0.05, 0) is 43.9 Å². The molecule has 1 fully saturated rings. The van der Waals surface area contributed by atoms with Crippen LogP contribution in [0, 0.1) is 6.92 Å². The molecule has 3 rings (SSSR count). The Morgan fingerprint density at radius 2 is 2.21 bits per heavy atom. The van der Waals surface area contributed by atoms with Gasteiger partial charge in [-0.3, -0.25) is 4.79 Å². The number of rotatable bonds is 6. The van der Waals surface area contributed by atoms with E-state index in [2.05, 4.69) is 21.9 Å². The number of nitrogens with zero attached hydrogens (tertiary/aromatic N) is 2. The average Bonchev–Trinajstić information content (AvgIpc) is 3.18. The van der Waals surface area contributed by atoms with Gasteiger partial charge in [-0.25, -0.2) is 4.68 Å². The molecule has 1 aliphatic rings. The van der Waals surface area contributed by atoms with Crippen LogP contribution < -0.4 is 10.6 Å². The van der Waals surface area contributed by atoms with Crippen LogP contribution in [0.1, 0.15) is 24.1 Å². The Bertz CT molecular complexity index is 684. The molecule has 24 heavy (non-hydrogen) atoms. The number of aromatic nitrogens is 2. The van der Waals surface area contributed by atoms with E-state index in [1.165, 1.54) is 5.56 Å². The van der Waals surface area contributed by atoms with Gasteiger partial charge in [0.05, 0.1) is 23.5 Å². The Morgan fingerprint density at radius 3 is 2.92 bits per heavy atom. The van der Waals surface area contributed by atoms with Crippen LogP contribution in [0.15, 0.2) is 36.5 Å². The Balaban J connectivity index is 1.47. The fraction of sp³-hybridized carbons (Fsp3) is 0.444. The Hall–Kier alpha value is -2.18. The van der Waals surface area contributed by atoms with Gasteiger partial charge in [0.15, 0.2) is 0 Å². The second-order valence-corrected chi connectivity index (χ2v) is 6.26. The largest absolute Gasteiger partial charge is 0.392 e. The molecular formula is C18H24N4O2. The maximum absolute atomic E-state index is 12.0. The molecule has 2 aromatic rings. The van der Waals surface area contributed by atoms with E-state index in [4.69, 9.17) is 0 Å². The maximum atomic E-state index is 12.0. The number of carbonyl (C=O) groups is 1. The first-order valence-electron chi connectivity index (χ1n) is 8.43. The molecule has 2 heterocycles. The minimum absolute atomic E-state index is 0.0248. The lowest BCUT2D eigenvalue weighted by molar-refractivity contribution is -0.122. The zero-order valence-electron chi connectivity index (χ0n) is 13.9. The van der Waals surface area contributed by atoms with Crippen LogP contribution in [-0.2, 0) is 11.2 Å². The van der Waals surface area contributed by atoms with Crippen LogP contribution in [0.3, 0.4) is 0 Å². The predicted molar refractivity (Wildman–Crippen MR) is 92.0 cm³/mol. The average molecular weight is 328 g/mol. The number of aryl methyl sites for hydroxylation is 2. The smallest absolute Gasteiger partial charge is 0.237 e. The lowest BCUT2D eigenvalue weighted by atomic mass is 10.1.